The van der Waals surface area contributed by atoms with Crippen molar-refractivity contribution in [1.29, 1.82) is 0 Å². The molecule has 0 aromatic heterocycles. The van der Waals surface area contributed by atoms with Crippen LogP contribution in [-0.4, -0.2) is 42.5 Å². The molecule has 6 nitrogen and oxygen atoms in total. The summed E-state index contributed by atoms with van der Waals surface area (Å²) in [6.45, 7) is 5.74. The average molecular weight is 333 g/mol. The topological polar surface area (TPSA) is 73.9 Å². The Labute approximate surface area is 141 Å². The second-order valence-electron chi connectivity index (χ2n) is 6.60. The highest BCUT2D eigenvalue weighted by molar-refractivity contribution is 5.94. The third-order valence-electron chi connectivity index (χ3n) is 4.42. The highest BCUT2D eigenvalue weighted by atomic mass is 16.8. The first-order valence-electron chi connectivity index (χ1n) is 8.29. The fourth-order valence-electron chi connectivity index (χ4n) is 3.47. The maximum Gasteiger partial charge on any atom is 0.311 e. The predicted molar refractivity (Wildman–Crippen MR) is 86.3 cm³/mol. The van der Waals surface area contributed by atoms with E-state index in [0.717, 1.165) is 0 Å². The third-order valence-corrected chi connectivity index (χ3v) is 4.42. The van der Waals surface area contributed by atoms with Crippen LogP contribution in [0.3, 0.4) is 0 Å². The Morgan fingerprint density at radius 3 is 2.62 bits per heavy atom. The Hall–Kier alpha value is -1.92. The van der Waals surface area contributed by atoms with Crippen molar-refractivity contribution in [1.82, 2.24) is 5.32 Å². The van der Waals surface area contributed by atoms with Gasteiger partial charge < -0.3 is 19.5 Å². The van der Waals surface area contributed by atoms with E-state index in [1.165, 1.54) is 0 Å². The molecule has 1 saturated carbocycles. The Balaban J connectivity index is 1.79. The van der Waals surface area contributed by atoms with Gasteiger partial charge in [-0.25, -0.2) is 0 Å². The second-order valence-corrected chi connectivity index (χ2v) is 6.60. The van der Waals surface area contributed by atoms with Crippen molar-refractivity contribution in [2.45, 2.75) is 51.2 Å². The van der Waals surface area contributed by atoms with Crippen LogP contribution >= 0.6 is 0 Å². The molecule has 0 bridgehead atoms. The summed E-state index contributed by atoms with van der Waals surface area (Å²) in [7, 11) is 0. The summed E-state index contributed by atoms with van der Waals surface area (Å²) >= 11 is 0. The lowest BCUT2D eigenvalue weighted by atomic mass is 10.0. The summed E-state index contributed by atoms with van der Waals surface area (Å²) in [5.41, 5.74) is 0.543. The molecule has 24 heavy (non-hydrogen) atoms. The van der Waals surface area contributed by atoms with Gasteiger partial charge in [0.15, 0.2) is 5.79 Å². The number of hydrogen-bond acceptors (Lipinski definition) is 5. The van der Waals surface area contributed by atoms with Crippen LogP contribution in [0, 0.1) is 5.92 Å². The monoisotopic (exact) mass is 333 g/mol. The molecule has 1 heterocycles. The first kappa shape index (κ1) is 16.9. The van der Waals surface area contributed by atoms with Gasteiger partial charge in [0.05, 0.1) is 24.7 Å². The van der Waals surface area contributed by atoms with E-state index in [4.69, 9.17) is 14.2 Å². The van der Waals surface area contributed by atoms with Gasteiger partial charge in [0.25, 0.3) is 5.91 Å². The van der Waals surface area contributed by atoms with E-state index in [-0.39, 0.29) is 24.1 Å². The van der Waals surface area contributed by atoms with Gasteiger partial charge in [-0.2, -0.15) is 0 Å². The first-order chi connectivity index (χ1) is 11.4. The number of benzene rings is 1. The van der Waals surface area contributed by atoms with Crippen LogP contribution < -0.4 is 5.32 Å². The van der Waals surface area contributed by atoms with Gasteiger partial charge >= 0.3 is 5.97 Å². The van der Waals surface area contributed by atoms with Gasteiger partial charge in [0, 0.05) is 5.56 Å². The van der Waals surface area contributed by atoms with Crippen molar-refractivity contribution in [3.8, 4) is 0 Å². The van der Waals surface area contributed by atoms with Crippen molar-refractivity contribution in [3.63, 3.8) is 0 Å². The van der Waals surface area contributed by atoms with Gasteiger partial charge in [0.2, 0.25) is 0 Å². The van der Waals surface area contributed by atoms with E-state index in [1.54, 1.807) is 31.2 Å². The van der Waals surface area contributed by atoms with Crippen LogP contribution in [0.15, 0.2) is 30.3 Å². The molecule has 0 radical (unpaired) electrons. The van der Waals surface area contributed by atoms with Crippen molar-refractivity contribution in [3.05, 3.63) is 35.9 Å². The Kier molecular flexibility index (Phi) is 4.60. The maximum absolute atomic E-state index is 12.5. The molecular formula is C18H23NO5. The van der Waals surface area contributed by atoms with Gasteiger partial charge in [-0.15, -0.1) is 0 Å². The molecule has 2 aliphatic rings. The molecule has 1 amide bonds. The molecule has 1 aromatic rings. The van der Waals surface area contributed by atoms with Gasteiger partial charge in [-0.3, -0.25) is 9.59 Å². The molecular weight excluding hydrogens is 310 g/mol. The number of fused-ring (bicyclic) bond motifs is 1. The third kappa shape index (κ3) is 3.30. The zero-order chi connectivity index (χ0) is 17.3. The number of ether oxygens (including phenoxy) is 3. The van der Waals surface area contributed by atoms with Gasteiger partial charge in [0.1, 0.15) is 6.10 Å². The fourth-order valence-corrected chi connectivity index (χ4v) is 3.47. The summed E-state index contributed by atoms with van der Waals surface area (Å²) in [4.78, 5) is 24.8. The van der Waals surface area contributed by atoms with E-state index in [2.05, 4.69) is 5.32 Å². The summed E-state index contributed by atoms with van der Waals surface area (Å²) in [5.74, 6) is -1.74. The van der Waals surface area contributed by atoms with Crippen LogP contribution in [0.25, 0.3) is 0 Å². The zero-order valence-electron chi connectivity index (χ0n) is 14.2. The lowest BCUT2D eigenvalue weighted by Crippen LogP contribution is -2.48. The van der Waals surface area contributed by atoms with E-state index in [9.17, 15) is 9.59 Å². The molecule has 1 aliphatic carbocycles. The van der Waals surface area contributed by atoms with Crippen LogP contribution in [0.2, 0.25) is 0 Å². The molecule has 1 N–H and O–H groups in total. The summed E-state index contributed by atoms with van der Waals surface area (Å²) < 4.78 is 17.0. The molecule has 4 atom stereocenters. The van der Waals surface area contributed by atoms with Crippen molar-refractivity contribution < 1.29 is 23.8 Å². The predicted octanol–water partition coefficient (Wildman–Crippen LogP) is 1.89. The molecule has 1 aromatic carbocycles. The maximum atomic E-state index is 12.5. The molecule has 6 heteroatoms. The number of nitrogens with one attached hydrogen (secondary N) is 1. The van der Waals surface area contributed by atoms with Crippen molar-refractivity contribution >= 4 is 11.9 Å². The Morgan fingerprint density at radius 1 is 1.25 bits per heavy atom. The number of amides is 1. The largest absolute Gasteiger partial charge is 0.466 e. The number of carbonyl (C=O) groups is 2. The molecule has 1 saturated heterocycles. The normalized spacial score (nSPS) is 30.6. The molecule has 3 rings (SSSR count). The SMILES string of the molecule is CCOC(=O)[C@@H]1C[C@H]2OC(C)(C)O[C@H]2[C@@H]1NC(=O)c1ccccc1. The summed E-state index contributed by atoms with van der Waals surface area (Å²) in [6.07, 6.45) is -0.107. The smallest absolute Gasteiger partial charge is 0.311 e. The highest BCUT2D eigenvalue weighted by Gasteiger charge is 2.56. The van der Waals surface area contributed by atoms with E-state index < -0.39 is 17.7 Å². The minimum atomic E-state index is -0.718. The van der Waals surface area contributed by atoms with Crippen LogP contribution in [0.1, 0.15) is 37.6 Å². The van der Waals surface area contributed by atoms with Crippen molar-refractivity contribution in [2.24, 2.45) is 5.92 Å². The summed E-state index contributed by atoms with van der Waals surface area (Å²) in [5, 5.41) is 2.95. The Morgan fingerprint density at radius 2 is 1.96 bits per heavy atom. The fraction of sp³-hybridized carbons (Fsp3) is 0.556. The quantitative estimate of drug-likeness (QED) is 0.852. The molecule has 1 aliphatic heterocycles. The van der Waals surface area contributed by atoms with Crippen LogP contribution in [0.4, 0.5) is 0 Å². The molecule has 130 valence electrons. The van der Waals surface area contributed by atoms with E-state index >= 15 is 0 Å². The average Bonchev–Trinajstić information content (AvgIpc) is 3.01. The Bertz CT molecular complexity index is 615. The van der Waals surface area contributed by atoms with E-state index in [1.807, 2.05) is 19.9 Å². The number of carbonyl (C=O) groups excluding carboxylic acids is 2. The first-order valence-corrected chi connectivity index (χ1v) is 8.29. The number of rotatable bonds is 4. The summed E-state index contributed by atoms with van der Waals surface area (Å²) in [6, 6.07) is 8.44. The lowest BCUT2D eigenvalue weighted by molar-refractivity contribution is -0.166. The van der Waals surface area contributed by atoms with E-state index in [0.29, 0.717) is 18.6 Å². The highest BCUT2D eigenvalue weighted by Crippen LogP contribution is 2.41. The molecule has 0 spiro atoms. The van der Waals surface area contributed by atoms with Crippen molar-refractivity contribution in [2.75, 3.05) is 6.61 Å². The second kappa shape index (κ2) is 6.53. The molecule has 0 unspecified atom stereocenters. The lowest BCUT2D eigenvalue weighted by Gasteiger charge is -2.26. The van der Waals surface area contributed by atoms with Crippen LogP contribution in [0.5, 0.6) is 0 Å². The number of hydrogen-bond donors (Lipinski definition) is 1. The van der Waals surface area contributed by atoms with Gasteiger partial charge in [-0.1, -0.05) is 18.2 Å². The zero-order valence-corrected chi connectivity index (χ0v) is 14.2. The standard InChI is InChI=1S/C18H23NO5/c1-4-22-17(21)12-10-13-15(24-18(2,3)23-13)14(12)19-16(20)11-8-6-5-7-9-11/h5-9,12-15H,4,10H2,1-3H3,(H,19,20)/t12-,13-,14-,15-/m1/s1. The number of esters is 1. The minimum Gasteiger partial charge on any atom is -0.466 e. The van der Waals surface area contributed by atoms with Gasteiger partial charge in [-0.05, 0) is 39.3 Å². The minimum absolute atomic E-state index is 0.226. The molecule has 2 fully saturated rings. The van der Waals surface area contributed by atoms with Crippen LogP contribution in [-0.2, 0) is 19.0 Å².